The van der Waals surface area contributed by atoms with Crippen molar-refractivity contribution in [3.63, 3.8) is 0 Å². The van der Waals surface area contributed by atoms with Gasteiger partial charge in [0, 0.05) is 5.92 Å². The average Bonchev–Trinajstić information content (AvgIpc) is 2.73. The Labute approximate surface area is 93.4 Å². The number of furan rings is 1. The van der Waals surface area contributed by atoms with Crippen LogP contribution in [-0.2, 0) is 11.3 Å². The fourth-order valence-corrected chi connectivity index (χ4v) is 1.12. The molecule has 1 atom stereocenters. The van der Waals surface area contributed by atoms with Crippen molar-refractivity contribution in [3.05, 3.63) is 23.7 Å². The van der Waals surface area contributed by atoms with Gasteiger partial charge in [0.25, 0.3) is 0 Å². The summed E-state index contributed by atoms with van der Waals surface area (Å²) in [5.41, 5.74) is 0. The number of carbonyl (C=O) groups is 2. The second-order valence-corrected chi connectivity index (χ2v) is 3.60. The van der Waals surface area contributed by atoms with Crippen molar-refractivity contribution >= 4 is 11.9 Å². The molecule has 5 nitrogen and oxygen atoms in total. The van der Waals surface area contributed by atoms with Gasteiger partial charge in [-0.2, -0.15) is 0 Å². The minimum Gasteiger partial charge on any atom is -0.475 e. The van der Waals surface area contributed by atoms with Crippen molar-refractivity contribution in [1.82, 2.24) is 5.32 Å². The highest BCUT2D eigenvalue weighted by atomic mass is 16.4. The van der Waals surface area contributed by atoms with Crippen LogP contribution >= 0.6 is 0 Å². The summed E-state index contributed by atoms with van der Waals surface area (Å²) in [7, 11) is 0. The van der Waals surface area contributed by atoms with Gasteiger partial charge in [0.2, 0.25) is 11.7 Å². The van der Waals surface area contributed by atoms with Gasteiger partial charge in [-0.15, -0.1) is 0 Å². The number of amides is 1. The van der Waals surface area contributed by atoms with Gasteiger partial charge in [-0.25, -0.2) is 4.79 Å². The monoisotopic (exact) mass is 225 g/mol. The van der Waals surface area contributed by atoms with Crippen molar-refractivity contribution in [2.75, 3.05) is 0 Å². The van der Waals surface area contributed by atoms with Crippen LogP contribution in [0.2, 0.25) is 0 Å². The molecular formula is C11H15NO4. The molecule has 0 aliphatic heterocycles. The van der Waals surface area contributed by atoms with Crippen LogP contribution in [0, 0.1) is 5.92 Å². The number of hydrogen-bond acceptors (Lipinski definition) is 3. The SMILES string of the molecule is CCC(C)C(=O)NCc1ccc(C(=O)O)o1. The van der Waals surface area contributed by atoms with Gasteiger partial charge in [-0.05, 0) is 18.6 Å². The van der Waals surface area contributed by atoms with Gasteiger partial charge in [-0.1, -0.05) is 13.8 Å². The number of carbonyl (C=O) groups excluding carboxylic acids is 1. The molecule has 0 aliphatic carbocycles. The molecule has 0 bridgehead atoms. The van der Waals surface area contributed by atoms with E-state index in [1.165, 1.54) is 6.07 Å². The lowest BCUT2D eigenvalue weighted by molar-refractivity contribution is -0.124. The van der Waals surface area contributed by atoms with E-state index in [-0.39, 0.29) is 24.1 Å². The summed E-state index contributed by atoms with van der Waals surface area (Å²) >= 11 is 0. The smallest absolute Gasteiger partial charge is 0.371 e. The van der Waals surface area contributed by atoms with Crippen LogP contribution in [0.1, 0.15) is 36.6 Å². The van der Waals surface area contributed by atoms with Gasteiger partial charge in [0.15, 0.2) is 0 Å². The molecule has 16 heavy (non-hydrogen) atoms. The predicted octanol–water partition coefficient (Wildman–Crippen LogP) is 1.64. The first-order chi connectivity index (χ1) is 7.54. The topological polar surface area (TPSA) is 79.5 Å². The fourth-order valence-electron chi connectivity index (χ4n) is 1.12. The lowest BCUT2D eigenvalue weighted by Gasteiger charge is -2.08. The molecule has 1 amide bonds. The maximum absolute atomic E-state index is 11.4. The summed E-state index contributed by atoms with van der Waals surface area (Å²) in [6.07, 6.45) is 0.768. The van der Waals surface area contributed by atoms with Crippen molar-refractivity contribution in [2.45, 2.75) is 26.8 Å². The second-order valence-electron chi connectivity index (χ2n) is 3.60. The Hall–Kier alpha value is -1.78. The first kappa shape index (κ1) is 12.3. The molecule has 2 N–H and O–H groups in total. The van der Waals surface area contributed by atoms with E-state index < -0.39 is 5.97 Å². The molecule has 0 radical (unpaired) electrons. The molecule has 1 rings (SSSR count). The zero-order valence-corrected chi connectivity index (χ0v) is 9.32. The molecule has 0 saturated carbocycles. The normalized spacial score (nSPS) is 12.1. The molecule has 0 aromatic carbocycles. The number of nitrogens with one attached hydrogen (secondary N) is 1. The second kappa shape index (κ2) is 5.34. The van der Waals surface area contributed by atoms with Crippen LogP contribution in [0.3, 0.4) is 0 Å². The van der Waals surface area contributed by atoms with E-state index in [9.17, 15) is 9.59 Å². The van der Waals surface area contributed by atoms with E-state index in [0.717, 1.165) is 6.42 Å². The Morgan fingerprint density at radius 1 is 1.50 bits per heavy atom. The van der Waals surface area contributed by atoms with Crippen LogP contribution < -0.4 is 5.32 Å². The quantitative estimate of drug-likeness (QED) is 0.798. The zero-order chi connectivity index (χ0) is 12.1. The van der Waals surface area contributed by atoms with E-state index in [1.807, 2.05) is 13.8 Å². The molecule has 0 saturated heterocycles. The van der Waals surface area contributed by atoms with Gasteiger partial charge in [0.1, 0.15) is 5.76 Å². The van der Waals surface area contributed by atoms with Crippen LogP contribution in [0.15, 0.2) is 16.5 Å². The average molecular weight is 225 g/mol. The van der Waals surface area contributed by atoms with Gasteiger partial charge in [-0.3, -0.25) is 4.79 Å². The van der Waals surface area contributed by atoms with Crippen LogP contribution in [0.25, 0.3) is 0 Å². The highest BCUT2D eigenvalue weighted by Crippen LogP contribution is 2.08. The Balaban J connectivity index is 2.48. The molecule has 0 fully saturated rings. The van der Waals surface area contributed by atoms with Crippen LogP contribution in [-0.4, -0.2) is 17.0 Å². The fraction of sp³-hybridized carbons (Fsp3) is 0.455. The summed E-state index contributed by atoms with van der Waals surface area (Å²) in [6.45, 7) is 3.98. The van der Waals surface area contributed by atoms with E-state index in [4.69, 9.17) is 9.52 Å². The van der Waals surface area contributed by atoms with Crippen molar-refractivity contribution in [1.29, 1.82) is 0 Å². The third-order valence-corrected chi connectivity index (χ3v) is 2.37. The predicted molar refractivity (Wildman–Crippen MR) is 57.0 cm³/mol. The lowest BCUT2D eigenvalue weighted by atomic mass is 10.1. The summed E-state index contributed by atoms with van der Waals surface area (Å²) in [5, 5.41) is 11.3. The molecule has 1 unspecified atom stereocenters. The largest absolute Gasteiger partial charge is 0.475 e. The Bertz CT molecular complexity index is 383. The van der Waals surface area contributed by atoms with E-state index in [2.05, 4.69) is 5.32 Å². The Morgan fingerprint density at radius 2 is 2.19 bits per heavy atom. The lowest BCUT2D eigenvalue weighted by Crippen LogP contribution is -2.28. The number of aromatic carboxylic acids is 1. The van der Waals surface area contributed by atoms with E-state index >= 15 is 0 Å². The molecule has 88 valence electrons. The summed E-state index contributed by atoms with van der Waals surface area (Å²) in [4.78, 5) is 21.9. The number of hydrogen-bond donors (Lipinski definition) is 2. The number of rotatable bonds is 5. The van der Waals surface area contributed by atoms with Gasteiger partial charge < -0.3 is 14.8 Å². The molecule has 1 heterocycles. The first-order valence-corrected chi connectivity index (χ1v) is 5.14. The van der Waals surface area contributed by atoms with Crippen molar-refractivity contribution < 1.29 is 19.1 Å². The zero-order valence-electron chi connectivity index (χ0n) is 9.32. The molecule has 0 spiro atoms. The summed E-state index contributed by atoms with van der Waals surface area (Å²) < 4.78 is 4.99. The molecule has 0 aliphatic rings. The van der Waals surface area contributed by atoms with E-state index in [0.29, 0.717) is 5.76 Å². The van der Waals surface area contributed by atoms with Crippen LogP contribution in [0.4, 0.5) is 0 Å². The van der Waals surface area contributed by atoms with Gasteiger partial charge >= 0.3 is 5.97 Å². The minimum absolute atomic E-state index is 0.0473. The van der Waals surface area contributed by atoms with E-state index in [1.54, 1.807) is 6.07 Å². The number of carboxylic acid groups (broad SMARTS) is 1. The third kappa shape index (κ3) is 3.12. The molecule has 1 aromatic heterocycles. The van der Waals surface area contributed by atoms with Crippen LogP contribution in [0.5, 0.6) is 0 Å². The standard InChI is InChI=1S/C11H15NO4/c1-3-7(2)10(13)12-6-8-4-5-9(16-8)11(14)15/h4-5,7H,3,6H2,1-2H3,(H,12,13)(H,14,15). The Kier molecular flexibility index (Phi) is 4.10. The minimum atomic E-state index is -1.11. The third-order valence-electron chi connectivity index (χ3n) is 2.37. The Morgan fingerprint density at radius 3 is 2.69 bits per heavy atom. The maximum Gasteiger partial charge on any atom is 0.371 e. The van der Waals surface area contributed by atoms with Crippen molar-refractivity contribution in [3.8, 4) is 0 Å². The maximum atomic E-state index is 11.4. The van der Waals surface area contributed by atoms with Gasteiger partial charge in [0.05, 0.1) is 6.54 Å². The number of carboxylic acids is 1. The summed E-state index contributed by atoms with van der Waals surface area (Å²) in [5.74, 6) is -0.897. The highest BCUT2D eigenvalue weighted by Gasteiger charge is 2.12. The highest BCUT2D eigenvalue weighted by molar-refractivity contribution is 5.84. The molecule has 1 aromatic rings. The van der Waals surface area contributed by atoms with Crippen molar-refractivity contribution in [2.24, 2.45) is 5.92 Å². The summed E-state index contributed by atoms with van der Waals surface area (Å²) in [6, 6.07) is 2.91. The molecule has 5 heteroatoms. The molecular weight excluding hydrogens is 210 g/mol. The first-order valence-electron chi connectivity index (χ1n) is 5.14.